The van der Waals surface area contributed by atoms with Gasteiger partial charge >= 0.3 is 29.6 Å². The Labute approximate surface area is 182 Å². The molecule has 0 aliphatic carbocycles. The van der Waals surface area contributed by atoms with Gasteiger partial charge in [0, 0.05) is 6.61 Å². The first-order valence-corrected chi connectivity index (χ1v) is 11.8. The number of unbranched alkanes of at least 4 members (excludes halogenated alkanes) is 13. The van der Waals surface area contributed by atoms with Crippen molar-refractivity contribution in [2.75, 3.05) is 19.8 Å². The summed E-state index contributed by atoms with van der Waals surface area (Å²) >= 11 is 0. The predicted octanol–water partition coefficient (Wildman–Crippen LogP) is 2.37. The summed E-state index contributed by atoms with van der Waals surface area (Å²) in [5.74, 6) is 0. The average Bonchev–Trinajstić information content (AvgIpc) is 2.93. The number of ether oxygens (including phenoxy) is 1. The third-order valence-corrected chi connectivity index (χ3v) is 5.66. The molecule has 1 fully saturated rings. The van der Waals surface area contributed by atoms with Crippen molar-refractivity contribution in [3.8, 4) is 0 Å². The van der Waals surface area contributed by atoms with Gasteiger partial charge in [0.25, 0.3) is 7.82 Å². The van der Waals surface area contributed by atoms with Crippen LogP contribution in [0.15, 0.2) is 0 Å². The summed E-state index contributed by atoms with van der Waals surface area (Å²) in [6.45, 7) is 3.31. The number of hydrogen-bond acceptors (Lipinski definition) is 5. The second-order valence-electron chi connectivity index (χ2n) is 7.14. The molecule has 0 saturated carbocycles. The van der Waals surface area contributed by atoms with Crippen molar-refractivity contribution in [3.05, 3.63) is 0 Å². The zero-order valence-electron chi connectivity index (χ0n) is 17.1. The number of phosphoric ester groups is 1. The Morgan fingerprint density at radius 3 is 1.77 bits per heavy atom. The summed E-state index contributed by atoms with van der Waals surface area (Å²) in [6, 6.07) is 0. The molecule has 0 radical (unpaired) electrons. The summed E-state index contributed by atoms with van der Waals surface area (Å²) in [4.78, 5) is 10.9. The van der Waals surface area contributed by atoms with Gasteiger partial charge in [-0.15, -0.1) is 0 Å². The third-order valence-electron chi connectivity index (χ3n) is 4.64. The van der Waals surface area contributed by atoms with Crippen LogP contribution in [0.2, 0.25) is 0 Å². The minimum Gasteiger partial charge on any atom is -0.756 e. The van der Waals surface area contributed by atoms with E-state index < -0.39 is 13.9 Å². The van der Waals surface area contributed by atoms with E-state index in [4.69, 9.17) is 9.26 Å². The Hall–Kier alpha value is 1.07. The van der Waals surface area contributed by atoms with Gasteiger partial charge < -0.3 is 18.7 Å². The molecule has 0 aromatic heterocycles. The van der Waals surface area contributed by atoms with Crippen LogP contribution < -0.4 is 34.5 Å². The molecule has 1 saturated heterocycles. The van der Waals surface area contributed by atoms with E-state index in [1.54, 1.807) is 0 Å². The van der Waals surface area contributed by atoms with Gasteiger partial charge in [0.1, 0.15) is 6.10 Å². The van der Waals surface area contributed by atoms with Crippen LogP contribution in [0.25, 0.3) is 0 Å². The fourth-order valence-electron chi connectivity index (χ4n) is 3.11. The summed E-state index contributed by atoms with van der Waals surface area (Å²) in [5, 5.41) is 0. The van der Waals surface area contributed by atoms with Crippen LogP contribution >= 0.6 is 7.82 Å². The van der Waals surface area contributed by atoms with Crippen molar-refractivity contribution in [3.63, 3.8) is 0 Å². The van der Waals surface area contributed by atoms with E-state index >= 15 is 0 Å². The van der Waals surface area contributed by atoms with Gasteiger partial charge in [-0.1, -0.05) is 90.4 Å². The maximum atomic E-state index is 10.9. The van der Waals surface area contributed by atoms with Gasteiger partial charge in [0.15, 0.2) is 0 Å². The minimum absolute atomic E-state index is 0. The van der Waals surface area contributed by atoms with Crippen molar-refractivity contribution in [2.45, 2.75) is 103 Å². The van der Waals surface area contributed by atoms with Crippen molar-refractivity contribution in [2.24, 2.45) is 0 Å². The molecule has 1 aliphatic rings. The van der Waals surface area contributed by atoms with Gasteiger partial charge in [-0.05, 0) is 6.42 Å². The minimum atomic E-state index is -4.02. The molecule has 2 atom stereocenters. The molecule has 26 heavy (non-hydrogen) atoms. The molecule has 0 spiro atoms. The molecular weight excluding hydrogens is 362 g/mol. The molecule has 7 heteroatoms. The van der Waals surface area contributed by atoms with E-state index in [0.29, 0.717) is 13.2 Å². The second-order valence-corrected chi connectivity index (χ2v) is 8.50. The van der Waals surface area contributed by atoms with Gasteiger partial charge in [0.2, 0.25) is 0 Å². The normalized spacial score (nSPS) is 22.5. The molecule has 1 heterocycles. The average molecular weight is 400 g/mol. The smallest absolute Gasteiger partial charge is 0.756 e. The van der Waals surface area contributed by atoms with Gasteiger partial charge in [-0.25, -0.2) is 0 Å². The summed E-state index contributed by atoms with van der Waals surface area (Å²) in [7, 11) is -4.02. The molecule has 0 aromatic rings. The fourth-order valence-corrected chi connectivity index (χ4v) is 4.01. The van der Waals surface area contributed by atoms with E-state index in [1.165, 1.54) is 83.5 Å². The zero-order valence-corrected chi connectivity index (χ0v) is 20.0. The van der Waals surface area contributed by atoms with E-state index in [2.05, 4.69) is 11.4 Å². The van der Waals surface area contributed by atoms with Gasteiger partial charge in [-0.3, -0.25) is 4.57 Å². The Kier molecular flexibility index (Phi) is 18.9. The summed E-state index contributed by atoms with van der Waals surface area (Å²) in [5.41, 5.74) is 0. The van der Waals surface area contributed by atoms with E-state index in [9.17, 15) is 9.46 Å². The molecule has 150 valence electrons. The Bertz CT molecular complexity index is 357. The van der Waals surface area contributed by atoms with Crippen LogP contribution in [0.4, 0.5) is 0 Å². The Morgan fingerprint density at radius 2 is 1.35 bits per heavy atom. The van der Waals surface area contributed by atoms with Crippen LogP contribution in [-0.4, -0.2) is 25.9 Å². The van der Waals surface area contributed by atoms with Crippen molar-refractivity contribution in [1.29, 1.82) is 0 Å². The fraction of sp³-hybridized carbons (Fsp3) is 1.00. The van der Waals surface area contributed by atoms with Crippen LogP contribution in [0.1, 0.15) is 96.8 Å². The molecule has 0 amide bonds. The van der Waals surface area contributed by atoms with E-state index in [-0.39, 0.29) is 36.2 Å². The SMILES string of the molecule is CCCCCCCCCCCCCCCCOCC1COP(=O)([O-])O1.[Na+]. The number of rotatable bonds is 17. The Balaban J connectivity index is 0.00000625. The molecule has 2 unspecified atom stereocenters. The first kappa shape index (κ1) is 27.1. The van der Waals surface area contributed by atoms with Crippen LogP contribution in [0.3, 0.4) is 0 Å². The standard InChI is InChI=1S/C19H39O5P.Na/c1-2-3-4-5-6-7-8-9-10-11-12-13-14-15-16-22-17-19-18-23-25(20,21)24-19;/h19H,2-18H2,1H3,(H,20,21);/q;+1/p-1. The summed E-state index contributed by atoms with van der Waals surface area (Å²) in [6.07, 6.45) is 18.3. The maximum Gasteiger partial charge on any atom is 1.00 e. The van der Waals surface area contributed by atoms with E-state index in [1.807, 2.05) is 0 Å². The van der Waals surface area contributed by atoms with Crippen LogP contribution in [0, 0.1) is 0 Å². The van der Waals surface area contributed by atoms with Crippen molar-refractivity contribution in [1.82, 2.24) is 0 Å². The van der Waals surface area contributed by atoms with Crippen LogP contribution in [0.5, 0.6) is 0 Å². The molecule has 0 N–H and O–H groups in total. The molecule has 1 aliphatic heterocycles. The molecule has 0 aromatic carbocycles. The van der Waals surface area contributed by atoms with Crippen molar-refractivity contribution >= 4 is 7.82 Å². The quantitative estimate of drug-likeness (QED) is 0.213. The predicted molar refractivity (Wildman–Crippen MR) is 99.6 cm³/mol. The van der Waals surface area contributed by atoms with E-state index in [0.717, 1.165) is 6.42 Å². The molecule has 1 rings (SSSR count). The zero-order chi connectivity index (χ0) is 18.2. The molecular formula is C19H38NaO5P. The first-order chi connectivity index (χ1) is 12.1. The molecule has 0 bridgehead atoms. The number of hydrogen-bond donors (Lipinski definition) is 0. The van der Waals surface area contributed by atoms with Crippen LogP contribution in [-0.2, 0) is 18.3 Å². The number of phosphoric acid groups is 1. The largest absolute Gasteiger partial charge is 1.00 e. The Morgan fingerprint density at radius 1 is 0.885 bits per heavy atom. The second kappa shape index (κ2) is 18.1. The van der Waals surface area contributed by atoms with Gasteiger partial charge in [-0.2, -0.15) is 0 Å². The van der Waals surface area contributed by atoms with Crippen molar-refractivity contribution < 1.29 is 52.8 Å². The third kappa shape index (κ3) is 16.1. The van der Waals surface area contributed by atoms with Gasteiger partial charge in [0.05, 0.1) is 13.2 Å². The summed E-state index contributed by atoms with van der Waals surface area (Å²) < 4.78 is 25.6. The maximum absolute atomic E-state index is 10.9. The topological polar surface area (TPSA) is 67.8 Å². The molecule has 5 nitrogen and oxygen atoms in total. The first-order valence-electron chi connectivity index (χ1n) is 10.4. The monoisotopic (exact) mass is 400 g/mol.